The van der Waals surface area contributed by atoms with Gasteiger partial charge in [-0.25, -0.2) is 0 Å². The zero-order chi connectivity index (χ0) is 18.6. The average molecular weight is 344 g/mol. The van der Waals surface area contributed by atoms with Crippen LogP contribution < -0.4 is 14.8 Å². The number of hydrogen-bond acceptors (Lipinski definition) is 4. The van der Waals surface area contributed by atoms with Crippen LogP contribution in [-0.4, -0.2) is 37.4 Å². The van der Waals surface area contributed by atoms with Crippen LogP contribution in [0.15, 0.2) is 18.2 Å². The minimum Gasteiger partial charge on any atom is -0.493 e. The molecule has 0 radical (unpaired) electrons. The number of Topliss-reactive ketones (excluding diaryl/α,β-unsaturated/α-hetero) is 1. The monoisotopic (exact) mass is 344 g/mol. The highest BCUT2D eigenvalue weighted by atomic mass is 16.5. The number of H-pyrrole nitrogens is 1. The number of amides is 1. The Labute approximate surface area is 147 Å². The Morgan fingerprint density at radius 3 is 2.36 bits per heavy atom. The molecule has 0 bridgehead atoms. The van der Waals surface area contributed by atoms with E-state index < -0.39 is 0 Å². The molecule has 2 aromatic rings. The van der Waals surface area contributed by atoms with Gasteiger partial charge in [0.25, 0.3) is 5.91 Å². The number of rotatable bonds is 7. The predicted molar refractivity (Wildman–Crippen MR) is 95.9 cm³/mol. The Hall–Kier alpha value is -2.76. The summed E-state index contributed by atoms with van der Waals surface area (Å²) in [6.45, 7) is 5.54. The third kappa shape index (κ3) is 4.02. The smallest absolute Gasteiger partial charge is 0.253 e. The van der Waals surface area contributed by atoms with Gasteiger partial charge in [0, 0.05) is 19.2 Å². The first-order valence-corrected chi connectivity index (χ1v) is 8.08. The second-order valence-electron chi connectivity index (χ2n) is 5.88. The van der Waals surface area contributed by atoms with Gasteiger partial charge in [-0.2, -0.15) is 0 Å². The summed E-state index contributed by atoms with van der Waals surface area (Å²) in [6, 6.07) is 5.68. The van der Waals surface area contributed by atoms with Crippen LogP contribution in [0.4, 0.5) is 0 Å². The lowest BCUT2D eigenvalue weighted by atomic mass is 10.1. The summed E-state index contributed by atoms with van der Waals surface area (Å²) >= 11 is 0. The van der Waals surface area contributed by atoms with Gasteiger partial charge >= 0.3 is 0 Å². The first kappa shape index (κ1) is 18.6. The number of carbonyl (C=O) groups is 2. The highest BCUT2D eigenvalue weighted by Crippen LogP contribution is 2.27. The number of hydrogen-bond donors (Lipinski definition) is 2. The Balaban J connectivity index is 2.03. The summed E-state index contributed by atoms with van der Waals surface area (Å²) in [5.74, 6) is 1.07. The second kappa shape index (κ2) is 7.88. The van der Waals surface area contributed by atoms with Gasteiger partial charge in [-0.1, -0.05) is 6.07 Å². The number of carbonyl (C=O) groups excluding carboxylic acids is 2. The van der Waals surface area contributed by atoms with E-state index in [0.717, 1.165) is 5.56 Å². The Morgan fingerprint density at radius 2 is 1.80 bits per heavy atom. The molecule has 0 aliphatic heterocycles. The molecule has 0 unspecified atom stereocenters. The molecule has 2 rings (SSSR count). The van der Waals surface area contributed by atoms with E-state index in [0.29, 0.717) is 47.0 Å². The van der Waals surface area contributed by atoms with Crippen molar-refractivity contribution in [2.24, 2.45) is 0 Å². The Bertz CT molecular complexity index is 793. The minimum atomic E-state index is -0.181. The van der Waals surface area contributed by atoms with Crippen molar-refractivity contribution in [1.82, 2.24) is 10.3 Å². The van der Waals surface area contributed by atoms with Crippen molar-refractivity contribution in [3.8, 4) is 11.5 Å². The van der Waals surface area contributed by atoms with Crippen molar-refractivity contribution in [3.63, 3.8) is 0 Å². The molecule has 0 aliphatic carbocycles. The quantitative estimate of drug-likeness (QED) is 0.757. The highest BCUT2D eigenvalue weighted by molar-refractivity contribution is 6.02. The third-order valence-corrected chi connectivity index (χ3v) is 4.16. The molecule has 134 valence electrons. The maximum absolute atomic E-state index is 12.4. The molecule has 1 aromatic heterocycles. The zero-order valence-electron chi connectivity index (χ0n) is 15.3. The van der Waals surface area contributed by atoms with E-state index >= 15 is 0 Å². The van der Waals surface area contributed by atoms with E-state index in [2.05, 4.69) is 10.3 Å². The topological polar surface area (TPSA) is 80.4 Å². The van der Waals surface area contributed by atoms with Gasteiger partial charge in [-0.05, 0) is 43.5 Å². The van der Waals surface area contributed by atoms with Gasteiger partial charge in [0.2, 0.25) is 0 Å². The maximum atomic E-state index is 12.4. The number of aromatic nitrogens is 1. The number of nitrogens with one attached hydrogen (secondary N) is 2. The molecule has 0 saturated heterocycles. The van der Waals surface area contributed by atoms with Crippen molar-refractivity contribution in [1.29, 1.82) is 0 Å². The molecule has 0 spiro atoms. The molecule has 6 nitrogen and oxygen atoms in total. The number of aryl methyl sites for hydroxylation is 1. The minimum absolute atomic E-state index is 0.0787. The first-order chi connectivity index (χ1) is 11.9. The fourth-order valence-corrected chi connectivity index (χ4v) is 2.89. The Kier molecular flexibility index (Phi) is 5.85. The number of methoxy groups -OCH3 is 2. The van der Waals surface area contributed by atoms with Crippen LogP contribution in [0.3, 0.4) is 0 Å². The Morgan fingerprint density at radius 1 is 1.12 bits per heavy atom. The lowest BCUT2D eigenvalue weighted by molar-refractivity contribution is 0.0953. The molecule has 1 aromatic carbocycles. The fraction of sp³-hybridized carbons (Fsp3) is 0.368. The van der Waals surface area contributed by atoms with Crippen molar-refractivity contribution < 1.29 is 19.1 Å². The number of benzene rings is 1. The van der Waals surface area contributed by atoms with Gasteiger partial charge in [0.05, 0.1) is 25.5 Å². The SMILES string of the molecule is COc1ccc(CCNC(=O)c2c(C)[nH]c(C(C)=O)c2C)cc1OC. The maximum Gasteiger partial charge on any atom is 0.253 e. The van der Waals surface area contributed by atoms with Gasteiger partial charge < -0.3 is 19.8 Å². The average Bonchev–Trinajstić information content (AvgIpc) is 2.89. The van der Waals surface area contributed by atoms with Crippen molar-refractivity contribution in [3.05, 3.63) is 46.3 Å². The first-order valence-electron chi connectivity index (χ1n) is 8.08. The van der Waals surface area contributed by atoms with Gasteiger partial charge in [0.15, 0.2) is 17.3 Å². The summed E-state index contributed by atoms with van der Waals surface area (Å²) in [6.07, 6.45) is 0.661. The molecule has 1 amide bonds. The summed E-state index contributed by atoms with van der Waals surface area (Å²) < 4.78 is 10.5. The van der Waals surface area contributed by atoms with E-state index in [1.54, 1.807) is 28.1 Å². The third-order valence-electron chi connectivity index (χ3n) is 4.16. The normalized spacial score (nSPS) is 10.4. The van der Waals surface area contributed by atoms with Crippen LogP contribution >= 0.6 is 0 Å². The summed E-state index contributed by atoms with van der Waals surface area (Å²) in [4.78, 5) is 27.0. The zero-order valence-corrected chi connectivity index (χ0v) is 15.3. The standard InChI is InChI=1S/C19H24N2O4/c1-11-17(12(2)21-18(11)13(3)22)19(23)20-9-8-14-6-7-15(24-4)16(10-14)25-5/h6-7,10,21H,8-9H2,1-5H3,(H,20,23). The van der Waals surface area contributed by atoms with Crippen molar-refractivity contribution in [2.75, 3.05) is 20.8 Å². The van der Waals surface area contributed by atoms with Crippen molar-refractivity contribution >= 4 is 11.7 Å². The number of ketones is 1. The molecule has 2 N–H and O–H groups in total. The van der Waals surface area contributed by atoms with Crippen LogP contribution in [0.5, 0.6) is 11.5 Å². The van der Waals surface area contributed by atoms with Crippen LogP contribution in [0, 0.1) is 13.8 Å². The molecule has 0 aliphatic rings. The molecule has 0 atom stereocenters. The van der Waals surface area contributed by atoms with Gasteiger partial charge in [0.1, 0.15) is 0 Å². The van der Waals surface area contributed by atoms with Crippen LogP contribution in [-0.2, 0) is 6.42 Å². The van der Waals surface area contributed by atoms with Crippen molar-refractivity contribution in [2.45, 2.75) is 27.2 Å². The highest BCUT2D eigenvalue weighted by Gasteiger charge is 2.19. The predicted octanol–water partition coefficient (Wildman–Crippen LogP) is 2.82. The lowest BCUT2D eigenvalue weighted by Crippen LogP contribution is -2.26. The second-order valence-corrected chi connectivity index (χ2v) is 5.88. The molecule has 6 heteroatoms. The summed E-state index contributed by atoms with van der Waals surface area (Å²) in [7, 11) is 3.18. The summed E-state index contributed by atoms with van der Waals surface area (Å²) in [5, 5.41) is 2.91. The van der Waals surface area contributed by atoms with E-state index in [-0.39, 0.29) is 11.7 Å². The van der Waals surface area contributed by atoms with E-state index in [9.17, 15) is 9.59 Å². The van der Waals surface area contributed by atoms with Gasteiger partial charge in [-0.3, -0.25) is 9.59 Å². The molecular weight excluding hydrogens is 320 g/mol. The van der Waals surface area contributed by atoms with E-state index in [1.165, 1.54) is 6.92 Å². The van der Waals surface area contributed by atoms with Gasteiger partial charge in [-0.15, -0.1) is 0 Å². The summed E-state index contributed by atoms with van der Waals surface area (Å²) in [5.41, 5.74) is 3.45. The van der Waals surface area contributed by atoms with E-state index in [1.807, 2.05) is 18.2 Å². The largest absolute Gasteiger partial charge is 0.493 e. The number of aromatic amines is 1. The van der Waals surface area contributed by atoms with Crippen LogP contribution in [0.25, 0.3) is 0 Å². The van der Waals surface area contributed by atoms with Crippen LogP contribution in [0.2, 0.25) is 0 Å². The number of ether oxygens (including phenoxy) is 2. The molecule has 0 fully saturated rings. The fourth-order valence-electron chi connectivity index (χ4n) is 2.89. The molecule has 25 heavy (non-hydrogen) atoms. The van der Waals surface area contributed by atoms with E-state index in [4.69, 9.17) is 9.47 Å². The molecular formula is C19H24N2O4. The van der Waals surface area contributed by atoms with Crippen LogP contribution in [0.1, 0.15) is 44.6 Å². The lowest BCUT2D eigenvalue weighted by Gasteiger charge is -2.10. The molecule has 0 saturated carbocycles. The molecule has 1 heterocycles.